The Balaban J connectivity index is 2.76. The third-order valence-electron chi connectivity index (χ3n) is 1.86. The summed E-state index contributed by atoms with van der Waals surface area (Å²) in [6, 6.07) is 0. The Morgan fingerprint density at radius 2 is 2.18 bits per heavy atom. The van der Waals surface area contributed by atoms with Gasteiger partial charge in [-0.15, -0.1) is 11.3 Å². The Kier molecular flexibility index (Phi) is 5.00. The van der Waals surface area contributed by atoms with Crippen LogP contribution in [0.2, 0.25) is 0 Å². The zero-order chi connectivity index (χ0) is 12.9. The number of hydrogen-bond acceptors (Lipinski definition) is 6. The van der Waals surface area contributed by atoms with Gasteiger partial charge in [-0.3, -0.25) is 0 Å². The van der Waals surface area contributed by atoms with E-state index in [9.17, 15) is 13.2 Å². The van der Waals surface area contributed by atoms with Gasteiger partial charge in [-0.1, -0.05) is 0 Å². The molecule has 1 rings (SSSR count). The summed E-state index contributed by atoms with van der Waals surface area (Å²) in [6.45, 7) is 0.141. The average Bonchev–Trinajstić information content (AvgIpc) is 2.74. The van der Waals surface area contributed by atoms with E-state index in [-0.39, 0.29) is 17.4 Å². The molecule has 0 fully saturated rings. The number of unbranched alkanes of at least 4 members (excludes halogenated alkanes) is 1. The van der Waals surface area contributed by atoms with Crippen molar-refractivity contribution in [3.05, 3.63) is 11.2 Å². The van der Waals surface area contributed by atoms with Gasteiger partial charge < -0.3 is 10.2 Å². The van der Waals surface area contributed by atoms with Crippen LogP contribution in [0.4, 0.5) is 0 Å². The molecule has 3 N–H and O–H groups in total. The molecule has 1 heterocycles. The predicted molar refractivity (Wildman–Crippen MR) is 60.6 cm³/mol. The minimum absolute atomic E-state index is 0.0112. The quantitative estimate of drug-likeness (QED) is 0.600. The number of carbonyl (C=O) groups is 1. The van der Waals surface area contributed by atoms with Crippen molar-refractivity contribution in [2.45, 2.75) is 17.1 Å². The minimum atomic E-state index is -3.83. The lowest BCUT2D eigenvalue weighted by molar-refractivity contribution is 0.0687. The maximum atomic E-state index is 11.7. The highest BCUT2D eigenvalue weighted by molar-refractivity contribution is 7.91. The molecule has 0 bridgehead atoms. The number of nitrogens with zero attached hydrogens (tertiary/aromatic N) is 1. The van der Waals surface area contributed by atoms with Crippen molar-refractivity contribution in [1.29, 1.82) is 0 Å². The van der Waals surface area contributed by atoms with Gasteiger partial charge in [0.15, 0.2) is 9.90 Å². The zero-order valence-corrected chi connectivity index (χ0v) is 10.4. The van der Waals surface area contributed by atoms with Crippen molar-refractivity contribution in [2.75, 3.05) is 13.2 Å². The average molecular weight is 280 g/mol. The number of aromatic carboxylic acids is 1. The first-order valence-electron chi connectivity index (χ1n) is 4.76. The fourth-order valence-corrected chi connectivity index (χ4v) is 3.33. The van der Waals surface area contributed by atoms with Gasteiger partial charge in [0.1, 0.15) is 0 Å². The van der Waals surface area contributed by atoms with Crippen molar-refractivity contribution in [3.8, 4) is 0 Å². The maximum Gasteiger partial charge on any atom is 0.356 e. The summed E-state index contributed by atoms with van der Waals surface area (Å²) >= 11 is 0.757. The number of nitrogens with one attached hydrogen (secondary N) is 1. The summed E-state index contributed by atoms with van der Waals surface area (Å²) in [6.07, 6.45) is 0.966. The van der Waals surface area contributed by atoms with E-state index in [0.29, 0.717) is 12.8 Å². The molecule has 0 amide bonds. The second kappa shape index (κ2) is 6.05. The van der Waals surface area contributed by atoms with Crippen molar-refractivity contribution >= 4 is 27.3 Å². The summed E-state index contributed by atoms with van der Waals surface area (Å²) in [5.74, 6) is -1.37. The Labute approximate surface area is 102 Å². The van der Waals surface area contributed by atoms with Gasteiger partial charge in [0.2, 0.25) is 0 Å². The third-order valence-corrected chi connectivity index (χ3v) is 4.69. The van der Waals surface area contributed by atoms with Crippen molar-refractivity contribution in [3.63, 3.8) is 0 Å². The van der Waals surface area contributed by atoms with E-state index in [1.807, 2.05) is 0 Å². The van der Waals surface area contributed by atoms with E-state index in [1.54, 1.807) is 0 Å². The Bertz CT molecular complexity index is 482. The molecule has 0 saturated heterocycles. The summed E-state index contributed by atoms with van der Waals surface area (Å²) in [7, 11) is -3.83. The molecule has 7 nitrogen and oxygen atoms in total. The minimum Gasteiger partial charge on any atom is -0.476 e. The number of carboxylic acid groups (broad SMARTS) is 1. The first-order chi connectivity index (χ1) is 7.99. The Hall–Kier alpha value is -1.03. The number of aliphatic hydroxyl groups is 1. The van der Waals surface area contributed by atoms with Gasteiger partial charge in [-0.05, 0) is 12.8 Å². The fraction of sp³-hybridized carbons (Fsp3) is 0.500. The number of aliphatic hydroxyl groups excluding tert-OH is 1. The molecule has 0 atom stereocenters. The largest absolute Gasteiger partial charge is 0.476 e. The molecule has 0 unspecified atom stereocenters. The number of hydrogen-bond donors (Lipinski definition) is 3. The van der Waals surface area contributed by atoms with E-state index in [2.05, 4.69) is 9.71 Å². The molecular weight excluding hydrogens is 268 g/mol. The highest BCUT2D eigenvalue weighted by Gasteiger charge is 2.24. The van der Waals surface area contributed by atoms with E-state index in [1.165, 1.54) is 5.51 Å². The molecule has 0 spiro atoms. The van der Waals surface area contributed by atoms with Crippen LogP contribution in [-0.2, 0) is 10.0 Å². The monoisotopic (exact) mass is 280 g/mol. The van der Waals surface area contributed by atoms with Gasteiger partial charge >= 0.3 is 5.97 Å². The van der Waals surface area contributed by atoms with Gasteiger partial charge in [0.05, 0.1) is 5.51 Å². The number of thiazole rings is 1. The number of carboxylic acids is 1. The lowest BCUT2D eigenvalue weighted by atomic mass is 10.3. The molecule has 1 aromatic rings. The van der Waals surface area contributed by atoms with E-state index >= 15 is 0 Å². The van der Waals surface area contributed by atoms with Crippen molar-refractivity contribution in [2.24, 2.45) is 0 Å². The topological polar surface area (TPSA) is 117 Å². The molecule has 0 aliphatic heterocycles. The van der Waals surface area contributed by atoms with Crippen LogP contribution in [0.1, 0.15) is 23.3 Å². The standard InChI is InChI=1S/C8H12N2O5S2/c11-4-2-1-3-10-17(14,15)8-6(7(12)13)9-5-16-8/h5,10-11H,1-4H2,(H,12,13). The van der Waals surface area contributed by atoms with Crippen molar-refractivity contribution < 1.29 is 23.4 Å². The lowest BCUT2D eigenvalue weighted by Gasteiger charge is -2.04. The Morgan fingerprint density at radius 1 is 1.47 bits per heavy atom. The van der Waals surface area contributed by atoms with Crippen LogP contribution in [0.3, 0.4) is 0 Å². The molecule has 1 aromatic heterocycles. The predicted octanol–water partition coefficient (Wildman–Crippen LogP) is -0.108. The SMILES string of the molecule is O=C(O)c1ncsc1S(=O)(=O)NCCCCO. The second-order valence-corrected chi connectivity index (χ2v) is 5.94. The van der Waals surface area contributed by atoms with Gasteiger partial charge in [0, 0.05) is 13.2 Å². The molecule has 0 radical (unpaired) electrons. The second-order valence-electron chi connectivity index (χ2n) is 3.12. The molecule has 9 heteroatoms. The highest BCUT2D eigenvalue weighted by Crippen LogP contribution is 2.19. The molecule has 0 saturated carbocycles. The van der Waals surface area contributed by atoms with Crippen LogP contribution in [-0.4, -0.2) is 42.7 Å². The fourth-order valence-electron chi connectivity index (χ4n) is 1.08. The van der Waals surface area contributed by atoms with E-state index in [4.69, 9.17) is 10.2 Å². The maximum absolute atomic E-state index is 11.7. The van der Waals surface area contributed by atoms with Gasteiger partial charge in [-0.25, -0.2) is 22.9 Å². The van der Waals surface area contributed by atoms with Crippen LogP contribution in [0.15, 0.2) is 9.72 Å². The number of rotatable bonds is 7. The van der Waals surface area contributed by atoms with Gasteiger partial charge in [0.25, 0.3) is 10.0 Å². The first-order valence-corrected chi connectivity index (χ1v) is 7.12. The van der Waals surface area contributed by atoms with E-state index in [0.717, 1.165) is 11.3 Å². The normalized spacial score (nSPS) is 11.6. The smallest absolute Gasteiger partial charge is 0.356 e. The molecular formula is C8H12N2O5S2. The van der Waals surface area contributed by atoms with Gasteiger partial charge in [-0.2, -0.15) is 0 Å². The van der Waals surface area contributed by atoms with Crippen LogP contribution < -0.4 is 4.72 Å². The van der Waals surface area contributed by atoms with Crippen LogP contribution in [0.5, 0.6) is 0 Å². The van der Waals surface area contributed by atoms with Crippen LogP contribution in [0.25, 0.3) is 0 Å². The zero-order valence-electron chi connectivity index (χ0n) is 8.79. The molecule has 0 aromatic carbocycles. The summed E-state index contributed by atoms with van der Waals surface area (Å²) in [5.41, 5.74) is 0.704. The molecule has 96 valence electrons. The number of sulfonamides is 1. The highest BCUT2D eigenvalue weighted by atomic mass is 32.2. The lowest BCUT2D eigenvalue weighted by Crippen LogP contribution is -2.25. The van der Waals surface area contributed by atoms with E-state index < -0.39 is 21.7 Å². The molecule has 17 heavy (non-hydrogen) atoms. The number of aromatic nitrogens is 1. The third kappa shape index (κ3) is 3.73. The van der Waals surface area contributed by atoms with Crippen molar-refractivity contribution in [1.82, 2.24) is 9.71 Å². The van der Waals surface area contributed by atoms with Crippen LogP contribution >= 0.6 is 11.3 Å². The summed E-state index contributed by atoms with van der Waals surface area (Å²) in [4.78, 5) is 14.2. The Morgan fingerprint density at radius 3 is 2.76 bits per heavy atom. The molecule has 0 aliphatic carbocycles. The van der Waals surface area contributed by atoms with Crippen LogP contribution in [0, 0.1) is 0 Å². The first kappa shape index (κ1) is 14.0. The summed E-state index contributed by atoms with van der Waals surface area (Å²) < 4.78 is 25.4. The molecule has 0 aliphatic rings. The summed E-state index contributed by atoms with van der Waals surface area (Å²) in [5, 5.41) is 17.3.